The van der Waals surface area contributed by atoms with E-state index in [2.05, 4.69) is 43.3 Å². The van der Waals surface area contributed by atoms with Crippen LogP contribution in [0.25, 0.3) is 16.6 Å². The minimum Gasteiger partial charge on any atom is -0.497 e. The van der Waals surface area contributed by atoms with Gasteiger partial charge in [0.15, 0.2) is 0 Å². The normalized spacial score (nSPS) is 17.8. The number of amides is 1. The third kappa shape index (κ3) is 4.53. The van der Waals surface area contributed by atoms with Crippen molar-refractivity contribution in [3.63, 3.8) is 0 Å². The zero-order valence-electron chi connectivity index (χ0n) is 19.2. The third-order valence-electron chi connectivity index (χ3n) is 5.88. The Labute approximate surface area is 187 Å². The molecule has 2 heterocycles. The van der Waals surface area contributed by atoms with Gasteiger partial charge in [0.2, 0.25) is 0 Å². The number of nitrogens with one attached hydrogen (secondary N) is 2. The van der Waals surface area contributed by atoms with Crippen molar-refractivity contribution >= 4 is 16.8 Å². The van der Waals surface area contributed by atoms with Crippen molar-refractivity contribution in [3.8, 4) is 11.4 Å². The fourth-order valence-electron chi connectivity index (χ4n) is 4.90. The summed E-state index contributed by atoms with van der Waals surface area (Å²) in [5, 5.41) is 7.25. The van der Waals surface area contributed by atoms with E-state index in [4.69, 9.17) is 4.74 Å². The standard InChI is InChI=1S/C25H30N4O3/c1-24(2)13-17(14-25(3,4)28-24)27-22(30)16-9-10-20-21(11-16)26-15-29(23(20)31)18-7-6-8-19(12-18)32-5/h6-12,15,17,28H,13-14H2,1-5H3,(H,27,30). The van der Waals surface area contributed by atoms with Gasteiger partial charge in [0.1, 0.15) is 12.1 Å². The number of piperidine rings is 1. The van der Waals surface area contributed by atoms with Crippen molar-refractivity contribution in [2.24, 2.45) is 0 Å². The summed E-state index contributed by atoms with van der Waals surface area (Å²) in [7, 11) is 1.58. The van der Waals surface area contributed by atoms with Gasteiger partial charge in [-0.1, -0.05) is 6.07 Å². The lowest BCUT2D eigenvalue weighted by Crippen LogP contribution is -2.62. The summed E-state index contributed by atoms with van der Waals surface area (Å²) < 4.78 is 6.73. The SMILES string of the molecule is COc1cccc(-n2cnc3cc(C(=O)NC4CC(C)(C)NC(C)(C)C4)ccc3c2=O)c1. The van der Waals surface area contributed by atoms with Crippen LogP contribution < -0.4 is 20.9 Å². The fraction of sp³-hybridized carbons (Fsp3) is 0.400. The van der Waals surface area contributed by atoms with E-state index in [1.165, 1.54) is 10.9 Å². The van der Waals surface area contributed by atoms with E-state index in [-0.39, 0.29) is 28.6 Å². The molecule has 3 aromatic rings. The second-order valence-electron chi connectivity index (χ2n) is 9.82. The van der Waals surface area contributed by atoms with Gasteiger partial charge in [-0.2, -0.15) is 0 Å². The van der Waals surface area contributed by atoms with Crippen molar-refractivity contribution in [2.45, 2.75) is 57.7 Å². The average Bonchev–Trinajstić information content (AvgIpc) is 2.71. The highest BCUT2D eigenvalue weighted by Crippen LogP contribution is 2.28. The number of hydrogen-bond acceptors (Lipinski definition) is 5. The number of aromatic nitrogens is 2. The number of fused-ring (bicyclic) bond motifs is 1. The maximum Gasteiger partial charge on any atom is 0.265 e. The number of nitrogens with zero attached hydrogens (tertiary/aromatic N) is 2. The quantitative estimate of drug-likeness (QED) is 0.657. The topological polar surface area (TPSA) is 85.2 Å². The maximum atomic E-state index is 13.0. The van der Waals surface area contributed by atoms with Crippen LogP contribution in [0.15, 0.2) is 53.6 Å². The van der Waals surface area contributed by atoms with Crippen LogP contribution in [-0.4, -0.2) is 39.7 Å². The van der Waals surface area contributed by atoms with E-state index < -0.39 is 0 Å². The number of benzene rings is 2. The second-order valence-corrected chi connectivity index (χ2v) is 9.82. The third-order valence-corrected chi connectivity index (χ3v) is 5.88. The van der Waals surface area contributed by atoms with Crippen LogP contribution in [0.3, 0.4) is 0 Å². The van der Waals surface area contributed by atoms with Crippen LogP contribution in [0.5, 0.6) is 5.75 Å². The number of carbonyl (C=O) groups excluding carboxylic acids is 1. The molecule has 168 valence electrons. The Morgan fingerprint density at radius 3 is 2.53 bits per heavy atom. The van der Waals surface area contributed by atoms with Gasteiger partial charge < -0.3 is 15.4 Å². The summed E-state index contributed by atoms with van der Waals surface area (Å²) in [6, 6.07) is 12.3. The summed E-state index contributed by atoms with van der Waals surface area (Å²) in [5.41, 5.74) is 1.34. The smallest absolute Gasteiger partial charge is 0.265 e. The molecule has 0 atom stereocenters. The fourth-order valence-corrected chi connectivity index (χ4v) is 4.90. The van der Waals surface area contributed by atoms with Crippen molar-refractivity contribution in [1.29, 1.82) is 0 Å². The van der Waals surface area contributed by atoms with Crippen LogP contribution in [0, 0.1) is 0 Å². The van der Waals surface area contributed by atoms with Gasteiger partial charge in [-0.15, -0.1) is 0 Å². The number of hydrogen-bond donors (Lipinski definition) is 2. The minimum absolute atomic E-state index is 0.0597. The van der Waals surface area contributed by atoms with Gasteiger partial charge in [-0.3, -0.25) is 14.2 Å². The zero-order chi connectivity index (χ0) is 23.1. The summed E-state index contributed by atoms with van der Waals surface area (Å²) in [4.78, 5) is 30.5. The maximum absolute atomic E-state index is 13.0. The Balaban J connectivity index is 1.60. The molecule has 7 nitrogen and oxygen atoms in total. The molecule has 32 heavy (non-hydrogen) atoms. The lowest BCUT2D eigenvalue weighted by molar-refractivity contribution is 0.0873. The van der Waals surface area contributed by atoms with Gasteiger partial charge in [-0.05, 0) is 70.9 Å². The largest absolute Gasteiger partial charge is 0.497 e. The molecule has 0 saturated carbocycles. The molecular weight excluding hydrogens is 404 g/mol. The number of methoxy groups -OCH3 is 1. The first kappa shape index (κ1) is 22.0. The molecule has 1 aromatic heterocycles. The summed E-state index contributed by atoms with van der Waals surface area (Å²) in [6.07, 6.45) is 3.18. The second kappa shape index (κ2) is 8.06. The van der Waals surface area contributed by atoms with Crippen LogP contribution in [0.4, 0.5) is 0 Å². The highest BCUT2D eigenvalue weighted by atomic mass is 16.5. The van der Waals surface area contributed by atoms with Crippen LogP contribution in [0.2, 0.25) is 0 Å². The minimum atomic E-state index is -0.197. The molecule has 0 aliphatic carbocycles. The number of rotatable bonds is 4. The van der Waals surface area contributed by atoms with E-state index in [1.807, 2.05) is 18.2 Å². The van der Waals surface area contributed by atoms with Crippen molar-refractivity contribution < 1.29 is 9.53 Å². The molecular formula is C25H30N4O3. The molecule has 2 aromatic carbocycles. The molecule has 1 aliphatic rings. The lowest BCUT2D eigenvalue weighted by Gasteiger charge is -2.46. The molecule has 0 spiro atoms. The predicted octanol–water partition coefficient (Wildman–Crippen LogP) is 3.43. The van der Waals surface area contributed by atoms with E-state index >= 15 is 0 Å². The van der Waals surface area contributed by atoms with E-state index in [9.17, 15) is 9.59 Å². The van der Waals surface area contributed by atoms with Crippen molar-refractivity contribution in [3.05, 3.63) is 64.7 Å². The predicted molar refractivity (Wildman–Crippen MR) is 126 cm³/mol. The highest BCUT2D eigenvalue weighted by molar-refractivity contribution is 5.97. The van der Waals surface area contributed by atoms with E-state index in [0.29, 0.717) is 27.9 Å². The molecule has 0 bridgehead atoms. The molecule has 1 amide bonds. The van der Waals surface area contributed by atoms with Gasteiger partial charge in [0.25, 0.3) is 11.5 Å². The number of ether oxygens (including phenoxy) is 1. The van der Waals surface area contributed by atoms with Crippen LogP contribution in [-0.2, 0) is 0 Å². The monoisotopic (exact) mass is 434 g/mol. The van der Waals surface area contributed by atoms with Crippen molar-refractivity contribution in [1.82, 2.24) is 20.2 Å². The first-order valence-corrected chi connectivity index (χ1v) is 10.8. The Kier molecular flexibility index (Phi) is 5.54. The molecule has 2 N–H and O–H groups in total. The van der Waals surface area contributed by atoms with Gasteiger partial charge in [-0.25, -0.2) is 4.98 Å². The number of carbonyl (C=O) groups is 1. The average molecular weight is 435 g/mol. The Morgan fingerprint density at radius 1 is 1.12 bits per heavy atom. The highest BCUT2D eigenvalue weighted by Gasteiger charge is 2.38. The van der Waals surface area contributed by atoms with Gasteiger partial charge in [0, 0.05) is 28.7 Å². The van der Waals surface area contributed by atoms with Crippen LogP contribution in [0.1, 0.15) is 50.9 Å². The van der Waals surface area contributed by atoms with E-state index in [1.54, 1.807) is 31.4 Å². The van der Waals surface area contributed by atoms with Gasteiger partial charge >= 0.3 is 0 Å². The molecule has 4 rings (SSSR count). The molecule has 1 aliphatic heterocycles. The Hall–Kier alpha value is -3.19. The summed E-state index contributed by atoms with van der Waals surface area (Å²) >= 11 is 0. The van der Waals surface area contributed by atoms with E-state index in [0.717, 1.165) is 12.8 Å². The van der Waals surface area contributed by atoms with Crippen LogP contribution >= 0.6 is 0 Å². The zero-order valence-corrected chi connectivity index (χ0v) is 19.2. The molecule has 0 radical (unpaired) electrons. The first-order valence-electron chi connectivity index (χ1n) is 10.8. The molecule has 1 saturated heterocycles. The molecule has 0 unspecified atom stereocenters. The Morgan fingerprint density at radius 2 is 1.84 bits per heavy atom. The van der Waals surface area contributed by atoms with Gasteiger partial charge in [0.05, 0.1) is 23.7 Å². The molecule has 7 heteroatoms. The van der Waals surface area contributed by atoms with Crippen molar-refractivity contribution in [2.75, 3.05) is 7.11 Å². The molecule has 1 fully saturated rings. The summed E-state index contributed by atoms with van der Waals surface area (Å²) in [6.45, 7) is 8.61. The Bertz CT molecular complexity index is 1210. The lowest BCUT2D eigenvalue weighted by atomic mass is 9.79. The summed E-state index contributed by atoms with van der Waals surface area (Å²) in [5.74, 6) is 0.509. The first-order chi connectivity index (χ1) is 15.1.